The van der Waals surface area contributed by atoms with E-state index in [9.17, 15) is 5.11 Å². The van der Waals surface area contributed by atoms with Crippen LogP contribution in [0.3, 0.4) is 0 Å². The van der Waals surface area contributed by atoms with Gasteiger partial charge in [0, 0.05) is 25.7 Å². The van der Waals surface area contributed by atoms with Gasteiger partial charge in [0.05, 0.1) is 13.2 Å². The molecule has 4 nitrogen and oxygen atoms in total. The van der Waals surface area contributed by atoms with Gasteiger partial charge in [0.2, 0.25) is 0 Å². The number of benzene rings is 1. The standard InChI is InChI=1S/C15H24N2O2/c1-16-7-8-17(2)13(11-16)10-15(18)12-5-4-6-14(9-12)19-3/h4-6,9,13,15,18H,7-8,10-11H2,1-3H3. The van der Waals surface area contributed by atoms with Crippen LogP contribution in [0.1, 0.15) is 18.1 Å². The zero-order valence-corrected chi connectivity index (χ0v) is 12.0. The minimum atomic E-state index is -0.436. The minimum Gasteiger partial charge on any atom is -0.497 e. The molecule has 1 fully saturated rings. The van der Waals surface area contributed by atoms with E-state index in [1.165, 1.54) is 0 Å². The SMILES string of the molecule is COc1cccc(C(O)CC2CN(C)CCN2C)c1. The summed E-state index contributed by atoms with van der Waals surface area (Å²) in [6, 6.07) is 8.10. The van der Waals surface area contributed by atoms with E-state index in [-0.39, 0.29) is 0 Å². The molecule has 106 valence electrons. The molecule has 1 aromatic carbocycles. The number of likely N-dealkylation sites (N-methyl/N-ethyl adjacent to an activating group) is 2. The summed E-state index contributed by atoms with van der Waals surface area (Å²) >= 11 is 0. The second-order valence-electron chi connectivity index (χ2n) is 5.42. The molecule has 1 saturated heterocycles. The van der Waals surface area contributed by atoms with Gasteiger partial charge in [-0.3, -0.25) is 0 Å². The third-order valence-electron chi connectivity index (χ3n) is 3.95. The Kier molecular flexibility index (Phi) is 4.80. The van der Waals surface area contributed by atoms with Crippen LogP contribution < -0.4 is 4.74 Å². The monoisotopic (exact) mass is 264 g/mol. The highest BCUT2D eigenvalue weighted by Gasteiger charge is 2.25. The first-order valence-corrected chi connectivity index (χ1v) is 6.81. The summed E-state index contributed by atoms with van der Waals surface area (Å²) in [4.78, 5) is 4.66. The first-order chi connectivity index (χ1) is 9.10. The zero-order valence-electron chi connectivity index (χ0n) is 12.0. The summed E-state index contributed by atoms with van der Waals surface area (Å²) in [5.41, 5.74) is 0.931. The van der Waals surface area contributed by atoms with Crippen molar-refractivity contribution in [3.63, 3.8) is 0 Å². The van der Waals surface area contributed by atoms with Gasteiger partial charge in [-0.25, -0.2) is 0 Å². The van der Waals surface area contributed by atoms with Gasteiger partial charge in [-0.05, 0) is 38.2 Å². The predicted octanol–water partition coefficient (Wildman–Crippen LogP) is 1.36. The van der Waals surface area contributed by atoms with Crippen LogP contribution >= 0.6 is 0 Å². The van der Waals surface area contributed by atoms with Gasteiger partial charge >= 0.3 is 0 Å². The third-order valence-corrected chi connectivity index (χ3v) is 3.95. The van der Waals surface area contributed by atoms with Crippen molar-refractivity contribution < 1.29 is 9.84 Å². The lowest BCUT2D eigenvalue weighted by Crippen LogP contribution is -2.50. The third kappa shape index (κ3) is 3.69. The van der Waals surface area contributed by atoms with Crippen LogP contribution in [-0.2, 0) is 0 Å². The van der Waals surface area contributed by atoms with Crippen molar-refractivity contribution in [2.45, 2.75) is 18.6 Å². The molecule has 1 aromatic rings. The van der Waals surface area contributed by atoms with E-state index in [4.69, 9.17) is 4.74 Å². The van der Waals surface area contributed by atoms with Crippen molar-refractivity contribution >= 4 is 0 Å². The lowest BCUT2D eigenvalue weighted by Gasteiger charge is -2.38. The number of aliphatic hydroxyl groups excluding tert-OH is 1. The van der Waals surface area contributed by atoms with Gasteiger partial charge in [-0.15, -0.1) is 0 Å². The molecule has 19 heavy (non-hydrogen) atoms. The molecule has 0 bridgehead atoms. The molecule has 4 heteroatoms. The maximum absolute atomic E-state index is 10.4. The Bertz CT molecular complexity index is 411. The smallest absolute Gasteiger partial charge is 0.119 e. The predicted molar refractivity (Wildman–Crippen MR) is 76.5 cm³/mol. The van der Waals surface area contributed by atoms with E-state index >= 15 is 0 Å². The van der Waals surface area contributed by atoms with E-state index in [1.807, 2.05) is 24.3 Å². The second kappa shape index (κ2) is 6.37. The lowest BCUT2D eigenvalue weighted by atomic mass is 9.99. The topological polar surface area (TPSA) is 35.9 Å². The molecule has 0 amide bonds. The van der Waals surface area contributed by atoms with Crippen LogP contribution in [0, 0.1) is 0 Å². The highest BCUT2D eigenvalue weighted by molar-refractivity contribution is 5.29. The molecule has 1 heterocycles. The van der Waals surface area contributed by atoms with Crippen LogP contribution in [-0.4, -0.2) is 61.8 Å². The number of rotatable bonds is 4. The summed E-state index contributed by atoms with van der Waals surface area (Å²) in [5, 5.41) is 10.4. The van der Waals surface area contributed by atoms with Gasteiger partial charge in [-0.1, -0.05) is 12.1 Å². The highest BCUT2D eigenvalue weighted by Crippen LogP contribution is 2.25. The fourth-order valence-electron chi connectivity index (χ4n) is 2.60. The molecule has 2 rings (SSSR count). The van der Waals surface area contributed by atoms with Crippen LogP contribution in [0.15, 0.2) is 24.3 Å². The van der Waals surface area contributed by atoms with Gasteiger partial charge in [-0.2, -0.15) is 0 Å². The Morgan fingerprint density at radius 2 is 2.16 bits per heavy atom. The van der Waals surface area contributed by atoms with Crippen LogP contribution in [0.2, 0.25) is 0 Å². The maximum Gasteiger partial charge on any atom is 0.119 e. The van der Waals surface area contributed by atoms with Crippen molar-refractivity contribution in [1.29, 1.82) is 0 Å². The number of ether oxygens (including phenoxy) is 1. The highest BCUT2D eigenvalue weighted by atomic mass is 16.5. The average molecular weight is 264 g/mol. The normalized spacial score (nSPS) is 23.3. The second-order valence-corrected chi connectivity index (χ2v) is 5.42. The molecule has 0 aliphatic carbocycles. The molecule has 0 spiro atoms. The molecule has 1 N–H and O–H groups in total. The number of nitrogens with zero attached hydrogens (tertiary/aromatic N) is 2. The summed E-state index contributed by atoms with van der Waals surface area (Å²) in [6.45, 7) is 3.17. The van der Waals surface area contributed by atoms with Crippen molar-refractivity contribution in [3.05, 3.63) is 29.8 Å². The first kappa shape index (κ1) is 14.3. The Balaban J connectivity index is 2.01. The lowest BCUT2D eigenvalue weighted by molar-refractivity contribution is 0.0634. The van der Waals surface area contributed by atoms with Gasteiger partial charge in [0.1, 0.15) is 5.75 Å². The fourth-order valence-corrected chi connectivity index (χ4v) is 2.60. The van der Waals surface area contributed by atoms with Crippen LogP contribution in [0.5, 0.6) is 5.75 Å². The fraction of sp³-hybridized carbons (Fsp3) is 0.600. The molecule has 0 radical (unpaired) electrons. The summed E-state index contributed by atoms with van der Waals surface area (Å²) in [5.74, 6) is 0.797. The maximum atomic E-state index is 10.4. The molecule has 0 aromatic heterocycles. The molecule has 1 aliphatic heterocycles. The summed E-state index contributed by atoms with van der Waals surface area (Å²) < 4.78 is 5.20. The Labute approximate surface area is 115 Å². The van der Waals surface area contributed by atoms with Crippen LogP contribution in [0.4, 0.5) is 0 Å². The van der Waals surface area contributed by atoms with Crippen molar-refractivity contribution in [2.24, 2.45) is 0 Å². The van der Waals surface area contributed by atoms with Crippen LogP contribution in [0.25, 0.3) is 0 Å². The molecular weight excluding hydrogens is 240 g/mol. The Morgan fingerprint density at radius 1 is 1.37 bits per heavy atom. The molecule has 2 atom stereocenters. The molecule has 1 aliphatic rings. The minimum absolute atomic E-state index is 0.403. The molecule has 0 saturated carbocycles. The van der Waals surface area contributed by atoms with Crippen molar-refractivity contribution in [3.8, 4) is 5.75 Å². The van der Waals surface area contributed by atoms with E-state index < -0.39 is 6.10 Å². The Morgan fingerprint density at radius 3 is 2.89 bits per heavy atom. The van der Waals surface area contributed by atoms with E-state index in [0.29, 0.717) is 6.04 Å². The van der Waals surface area contributed by atoms with Crippen molar-refractivity contribution in [1.82, 2.24) is 9.80 Å². The first-order valence-electron chi connectivity index (χ1n) is 6.81. The van der Waals surface area contributed by atoms with Gasteiger partial charge in [0.15, 0.2) is 0 Å². The summed E-state index contributed by atoms with van der Waals surface area (Å²) in [6.07, 6.45) is 0.322. The van der Waals surface area contributed by atoms with Gasteiger partial charge < -0.3 is 19.6 Å². The molecule has 2 unspecified atom stereocenters. The number of piperazine rings is 1. The number of hydrogen-bond acceptors (Lipinski definition) is 4. The Hall–Kier alpha value is -1.10. The van der Waals surface area contributed by atoms with E-state index in [1.54, 1.807) is 7.11 Å². The number of methoxy groups -OCH3 is 1. The van der Waals surface area contributed by atoms with Crippen molar-refractivity contribution in [2.75, 3.05) is 40.8 Å². The quantitative estimate of drug-likeness (QED) is 0.891. The summed E-state index contributed by atoms with van der Waals surface area (Å²) in [7, 11) is 5.92. The number of hydrogen-bond donors (Lipinski definition) is 1. The average Bonchev–Trinajstić information content (AvgIpc) is 2.43. The zero-order chi connectivity index (χ0) is 13.8. The van der Waals surface area contributed by atoms with E-state index in [2.05, 4.69) is 23.9 Å². The largest absolute Gasteiger partial charge is 0.497 e. The van der Waals surface area contributed by atoms with Gasteiger partial charge in [0.25, 0.3) is 0 Å². The van der Waals surface area contributed by atoms with E-state index in [0.717, 1.165) is 37.4 Å². The number of aliphatic hydroxyl groups is 1. The molecular formula is C15H24N2O2.